The molecular weight excluding hydrogens is 334 g/mol. The number of nitro benzene ring substituents is 1. The van der Waals surface area contributed by atoms with Gasteiger partial charge in [0.2, 0.25) is 10.0 Å². The van der Waals surface area contributed by atoms with E-state index in [0.29, 0.717) is 6.42 Å². The maximum atomic E-state index is 12.3. The second-order valence-corrected chi connectivity index (χ2v) is 7.73. The van der Waals surface area contributed by atoms with Crippen molar-refractivity contribution < 1.29 is 18.1 Å². The SMILES string of the molecule is CC1CN(CCCNS(=O)(=O)c2ccccc2[N+](=O)[O-])CC(C)O1. The molecule has 9 heteroatoms. The number of rotatable bonds is 7. The lowest BCUT2D eigenvalue weighted by molar-refractivity contribution is -0.387. The number of hydrogen-bond donors (Lipinski definition) is 1. The van der Waals surface area contributed by atoms with Gasteiger partial charge in [-0.25, -0.2) is 13.1 Å². The first-order valence-corrected chi connectivity index (χ1v) is 9.39. The van der Waals surface area contributed by atoms with Gasteiger partial charge in [0, 0.05) is 25.7 Å². The van der Waals surface area contributed by atoms with Crippen molar-refractivity contribution in [1.82, 2.24) is 9.62 Å². The Balaban J connectivity index is 1.89. The molecule has 24 heavy (non-hydrogen) atoms. The van der Waals surface area contributed by atoms with Gasteiger partial charge in [0.1, 0.15) is 0 Å². The van der Waals surface area contributed by atoms with Crippen molar-refractivity contribution in [1.29, 1.82) is 0 Å². The smallest absolute Gasteiger partial charge is 0.289 e. The Kier molecular flexibility index (Phi) is 6.27. The summed E-state index contributed by atoms with van der Waals surface area (Å²) in [4.78, 5) is 12.2. The third kappa shape index (κ3) is 4.97. The Morgan fingerprint density at radius 2 is 1.92 bits per heavy atom. The number of ether oxygens (including phenoxy) is 1. The number of para-hydroxylation sites is 1. The number of nitrogens with zero attached hydrogens (tertiary/aromatic N) is 2. The molecule has 8 nitrogen and oxygen atoms in total. The Hall–Kier alpha value is -1.55. The van der Waals surface area contributed by atoms with Crippen LogP contribution in [0.5, 0.6) is 0 Å². The van der Waals surface area contributed by atoms with E-state index in [9.17, 15) is 18.5 Å². The van der Waals surface area contributed by atoms with E-state index in [1.165, 1.54) is 24.3 Å². The average Bonchev–Trinajstić information content (AvgIpc) is 2.50. The molecule has 1 saturated heterocycles. The lowest BCUT2D eigenvalue weighted by Crippen LogP contribution is -2.46. The number of hydrogen-bond acceptors (Lipinski definition) is 6. The minimum absolute atomic E-state index is 0.164. The van der Waals surface area contributed by atoms with Gasteiger partial charge in [0.25, 0.3) is 5.69 Å². The van der Waals surface area contributed by atoms with Gasteiger partial charge in [-0.1, -0.05) is 12.1 Å². The zero-order valence-electron chi connectivity index (χ0n) is 13.8. The Morgan fingerprint density at radius 3 is 2.54 bits per heavy atom. The third-order valence-corrected chi connectivity index (χ3v) is 5.30. The maximum Gasteiger partial charge on any atom is 0.289 e. The summed E-state index contributed by atoms with van der Waals surface area (Å²) >= 11 is 0. The van der Waals surface area contributed by atoms with E-state index < -0.39 is 20.6 Å². The first kappa shape index (κ1) is 18.8. The zero-order valence-corrected chi connectivity index (χ0v) is 14.7. The van der Waals surface area contributed by atoms with Crippen molar-refractivity contribution in [2.24, 2.45) is 0 Å². The normalized spacial score (nSPS) is 22.4. The van der Waals surface area contributed by atoms with Crippen LogP contribution >= 0.6 is 0 Å². The van der Waals surface area contributed by atoms with Crippen LogP contribution in [0.15, 0.2) is 29.2 Å². The second-order valence-electron chi connectivity index (χ2n) is 5.99. The molecule has 1 fully saturated rings. The van der Waals surface area contributed by atoms with Crippen molar-refractivity contribution >= 4 is 15.7 Å². The Labute approximate surface area is 142 Å². The van der Waals surface area contributed by atoms with Crippen LogP contribution < -0.4 is 4.72 Å². The highest BCUT2D eigenvalue weighted by Gasteiger charge is 2.25. The molecule has 1 heterocycles. The predicted molar refractivity (Wildman–Crippen MR) is 89.4 cm³/mol. The van der Waals surface area contributed by atoms with Gasteiger partial charge >= 0.3 is 0 Å². The van der Waals surface area contributed by atoms with Gasteiger partial charge in [-0.05, 0) is 32.9 Å². The molecule has 0 bridgehead atoms. The van der Waals surface area contributed by atoms with Gasteiger partial charge in [0.05, 0.1) is 17.1 Å². The molecule has 0 saturated carbocycles. The largest absolute Gasteiger partial charge is 0.373 e. The Bertz CT molecular complexity index is 669. The van der Waals surface area contributed by atoms with Crippen LogP contribution in [0.2, 0.25) is 0 Å². The standard InChI is InChI=1S/C15H23N3O5S/c1-12-10-17(11-13(2)23-12)9-5-8-16-24(21,22)15-7-4-3-6-14(15)18(19)20/h3-4,6-7,12-13,16H,5,8-11H2,1-2H3. The molecule has 2 unspecified atom stereocenters. The van der Waals surface area contributed by atoms with E-state index in [2.05, 4.69) is 9.62 Å². The summed E-state index contributed by atoms with van der Waals surface area (Å²) in [6.07, 6.45) is 0.953. The highest BCUT2D eigenvalue weighted by molar-refractivity contribution is 7.89. The quantitative estimate of drug-likeness (QED) is 0.449. The first-order chi connectivity index (χ1) is 11.3. The van der Waals surface area contributed by atoms with Crippen molar-refractivity contribution in [2.75, 3.05) is 26.2 Å². The summed E-state index contributed by atoms with van der Waals surface area (Å²) in [5.74, 6) is 0. The van der Waals surface area contributed by atoms with Crippen LogP contribution in [0.25, 0.3) is 0 Å². The van der Waals surface area contributed by atoms with Crippen molar-refractivity contribution in [3.63, 3.8) is 0 Å². The van der Waals surface area contributed by atoms with Crippen LogP contribution in [-0.2, 0) is 14.8 Å². The molecular formula is C15H23N3O5S. The molecule has 0 radical (unpaired) electrons. The fourth-order valence-electron chi connectivity index (χ4n) is 2.89. The number of sulfonamides is 1. The van der Waals surface area contributed by atoms with Gasteiger partial charge in [-0.3, -0.25) is 15.0 Å². The number of benzene rings is 1. The van der Waals surface area contributed by atoms with Gasteiger partial charge in [-0.2, -0.15) is 0 Å². The van der Waals surface area contributed by atoms with Crippen LogP contribution in [0.4, 0.5) is 5.69 Å². The predicted octanol–water partition coefficient (Wildman–Crippen LogP) is 1.37. The monoisotopic (exact) mass is 357 g/mol. The van der Waals surface area contributed by atoms with Gasteiger partial charge < -0.3 is 4.74 Å². The van der Waals surface area contributed by atoms with Gasteiger partial charge in [-0.15, -0.1) is 0 Å². The van der Waals surface area contributed by atoms with Crippen LogP contribution in [0, 0.1) is 10.1 Å². The summed E-state index contributed by atoms with van der Waals surface area (Å²) in [6.45, 7) is 6.65. The highest BCUT2D eigenvalue weighted by atomic mass is 32.2. The fraction of sp³-hybridized carbons (Fsp3) is 0.600. The zero-order chi connectivity index (χ0) is 17.7. The van der Waals surface area contributed by atoms with Crippen molar-refractivity contribution in [2.45, 2.75) is 37.4 Å². The molecule has 1 aromatic carbocycles. The van der Waals surface area contributed by atoms with E-state index in [1.807, 2.05) is 13.8 Å². The lowest BCUT2D eigenvalue weighted by atomic mass is 10.2. The highest BCUT2D eigenvalue weighted by Crippen LogP contribution is 2.22. The van der Waals surface area contributed by atoms with Crippen LogP contribution in [0.3, 0.4) is 0 Å². The summed E-state index contributed by atoms with van der Waals surface area (Å²) in [5, 5.41) is 11.0. The molecule has 1 aromatic rings. The molecule has 0 aliphatic carbocycles. The molecule has 1 aliphatic rings. The van der Waals surface area contributed by atoms with E-state index >= 15 is 0 Å². The summed E-state index contributed by atoms with van der Waals surface area (Å²) < 4.78 is 32.6. The first-order valence-electron chi connectivity index (χ1n) is 7.90. The molecule has 0 amide bonds. The summed E-state index contributed by atoms with van der Waals surface area (Å²) in [7, 11) is -3.90. The van der Waals surface area contributed by atoms with E-state index in [-0.39, 0.29) is 23.6 Å². The van der Waals surface area contributed by atoms with E-state index in [4.69, 9.17) is 4.74 Å². The second kappa shape index (κ2) is 8.02. The summed E-state index contributed by atoms with van der Waals surface area (Å²) in [6, 6.07) is 5.34. The van der Waals surface area contributed by atoms with E-state index in [1.54, 1.807) is 0 Å². The molecule has 0 spiro atoms. The lowest BCUT2D eigenvalue weighted by Gasteiger charge is -2.35. The number of nitro groups is 1. The minimum Gasteiger partial charge on any atom is -0.373 e. The molecule has 2 rings (SSSR count). The number of nitrogens with one attached hydrogen (secondary N) is 1. The average molecular weight is 357 g/mol. The minimum atomic E-state index is -3.90. The molecule has 2 atom stereocenters. The van der Waals surface area contributed by atoms with Gasteiger partial charge in [0.15, 0.2) is 4.90 Å². The molecule has 1 aliphatic heterocycles. The fourth-order valence-corrected chi connectivity index (χ4v) is 4.13. The van der Waals surface area contributed by atoms with Crippen LogP contribution in [0.1, 0.15) is 20.3 Å². The Morgan fingerprint density at radius 1 is 1.29 bits per heavy atom. The van der Waals surface area contributed by atoms with E-state index in [0.717, 1.165) is 19.6 Å². The maximum absolute atomic E-state index is 12.3. The van der Waals surface area contributed by atoms with Crippen LogP contribution in [-0.4, -0.2) is 56.6 Å². The summed E-state index contributed by atoms with van der Waals surface area (Å²) in [5.41, 5.74) is -0.416. The molecule has 1 N–H and O–H groups in total. The van der Waals surface area contributed by atoms with Crippen molar-refractivity contribution in [3.05, 3.63) is 34.4 Å². The topological polar surface area (TPSA) is 102 Å². The molecule has 134 valence electrons. The molecule has 0 aromatic heterocycles. The third-order valence-electron chi connectivity index (χ3n) is 3.79. The van der Waals surface area contributed by atoms with Crippen molar-refractivity contribution in [3.8, 4) is 0 Å². The number of morpholine rings is 1.